The van der Waals surface area contributed by atoms with Gasteiger partial charge in [-0.25, -0.2) is 9.97 Å². The van der Waals surface area contributed by atoms with Gasteiger partial charge < -0.3 is 0 Å². The molecule has 0 radical (unpaired) electrons. The van der Waals surface area contributed by atoms with Crippen molar-refractivity contribution in [2.24, 2.45) is 0 Å². The number of pyridine rings is 3. The van der Waals surface area contributed by atoms with Crippen LogP contribution in [0.5, 0.6) is 0 Å². The highest BCUT2D eigenvalue weighted by Gasteiger charge is 2.13. The van der Waals surface area contributed by atoms with E-state index in [-0.39, 0.29) is 0 Å². The average Bonchev–Trinajstić information content (AvgIpc) is 3.09. The summed E-state index contributed by atoms with van der Waals surface area (Å²) >= 11 is 0. The van der Waals surface area contributed by atoms with Gasteiger partial charge in [0.1, 0.15) is 0 Å². The van der Waals surface area contributed by atoms with E-state index in [0.29, 0.717) is 5.82 Å². The van der Waals surface area contributed by atoms with Gasteiger partial charge in [0.2, 0.25) is 0 Å². The third-order valence-electron chi connectivity index (χ3n) is 7.07. The molecule has 198 valence electrons. The minimum absolute atomic E-state index is 0.650. The SMILES string of the molecule is c1ccc(-c2ccc(-c3cc(-c4cccc(-c5ccccn5)c4)nc(-c4cccc(-c5ccccn5)c4)n3)cc2)nc1. The Balaban J connectivity index is 1.35. The fraction of sp³-hybridized carbons (Fsp3) is 0. The van der Waals surface area contributed by atoms with Crippen LogP contribution in [-0.2, 0) is 0 Å². The van der Waals surface area contributed by atoms with Gasteiger partial charge in [-0.1, -0.05) is 78.9 Å². The molecule has 42 heavy (non-hydrogen) atoms. The van der Waals surface area contributed by atoms with E-state index in [9.17, 15) is 0 Å². The second kappa shape index (κ2) is 11.4. The molecule has 0 amide bonds. The van der Waals surface area contributed by atoms with E-state index in [4.69, 9.17) is 9.97 Å². The lowest BCUT2D eigenvalue weighted by Crippen LogP contribution is -1.97. The highest BCUT2D eigenvalue weighted by molar-refractivity contribution is 5.77. The van der Waals surface area contributed by atoms with Gasteiger partial charge in [0.25, 0.3) is 0 Å². The van der Waals surface area contributed by atoms with Gasteiger partial charge in [0.05, 0.1) is 28.5 Å². The van der Waals surface area contributed by atoms with Crippen LogP contribution in [0.25, 0.3) is 67.7 Å². The summed E-state index contributed by atoms with van der Waals surface area (Å²) in [5, 5.41) is 0. The lowest BCUT2D eigenvalue weighted by Gasteiger charge is -2.11. The van der Waals surface area contributed by atoms with Crippen molar-refractivity contribution >= 4 is 0 Å². The van der Waals surface area contributed by atoms with Crippen LogP contribution in [0.3, 0.4) is 0 Å². The molecule has 5 nitrogen and oxygen atoms in total. The van der Waals surface area contributed by atoms with Gasteiger partial charge in [-0.15, -0.1) is 0 Å². The average molecular weight is 540 g/mol. The molecule has 0 saturated heterocycles. The molecule has 4 aromatic heterocycles. The Labute approximate surface area is 244 Å². The number of benzene rings is 3. The fourth-order valence-corrected chi connectivity index (χ4v) is 4.94. The van der Waals surface area contributed by atoms with Crippen LogP contribution in [0.2, 0.25) is 0 Å². The van der Waals surface area contributed by atoms with Gasteiger partial charge in [-0.05, 0) is 54.6 Å². The molecule has 4 heterocycles. The van der Waals surface area contributed by atoms with Gasteiger partial charge >= 0.3 is 0 Å². The van der Waals surface area contributed by atoms with Gasteiger partial charge in [0, 0.05) is 52.0 Å². The lowest BCUT2D eigenvalue weighted by atomic mass is 10.0. The first-order chi connectivity index (χ1) is 20.8. The van der Waals surface area contributed by atoms with E-state index < -0.39 is 0 Å². The Bertz CT molecular complexity index is 1860. The molecule has 5 heteroatoms. The molecule has 0 N–H and O–H groups in total. The third kappa shape index (κ3) is 5.31. The molecular weight excluding hydrogens is 514 g/mol. The number of nitrogens with zero attached hydrogens (tertiary/aromatic N) is 5. The predicted molar refractivity (Wildman–Crippen MR) is 168 cm³/mol. The molecular formula is C37H25N5. The van der Waals surface area contributed by atoms with Crippen molar-refractivity contribution in [3.05, 3.63) is 152 Å². The molecule has 0 spiro atoms. The summed E-state index contributed by atoms with van der Waals surface area (Å²) < 4.78 is 0. The Kier molecular flexibility index (Phi) is 6.81. The second-order valence-corrected chi connectivity index (χ2v) is 9.85. The van der Waals surface area contributed by atoms with Crippen molar-refractivity contribution in [2.75, 3.05) is 0 Å². The molecule has 7 aromatic rings. The molecule has 0 aliphatic carbocycles. The van der Waals surface area contributed by atoms with Gasteiger partial charge in [0.15, 0.2) is 5.82 Å². The van der Waals surface area contributed by atoms with Crippen molar-refractivity contribution < 1.29 is 0 Å². The summed E-state index contributed by atoms with van der Waals surface area (Å²) in [6, 6.07) is 44.8. The van der Waals surface area contributed by atoms with Crippen molar-refractivity contribution in [3.8, 4) is 67.7 Å². The maximum atomic E-state index is 5.07. The van der Waals surface area contributed by atoms with E-state index in [1.54, 1.807) is 6.20 Å². The standard InChI is InChI=1S/C37H25N5/c1-4-20-38-32(13-1)26-16-18-27(19-17-26)35-25-36(30-11-7-9-28(23-30)33-14-2-5-21-39-33)42-37(41-35)31-12-8-10-29(24-31)34-15-3-6-22-40-34/h1-25H. The first kappa shape index (κ1) is 25.2. The largest absolute Gasteiger partial charge is 0.256 e. The minimum Gasteiger partial charge on any atom is -0.256 e. The van der Waals surface area contributed by atoms with E-state index >= 15 is 0 Å². The zero-order chi connectivity index (χ0) is 28.1. The van der Waals surface area contributed by atoms with Crippen molar-refractivity contribution in [1.82, 2.24) is 24.9 Å². The van der Waals surface area contributed by atoms with Crippen LogP contribution in [0, 0.1) is 0 Å². The number of hydrogen-bond donors (Lipinski definition) is 0. The summed E-state index contributed by atoms with van der Waals surface area (Å²) in [5.74, 6) is 0.650. The van der Waals surface area contributed by atoms with Crippen LogP contribution in [0.1, 0.15) is 0 Å². The monoisotopic (exact) mass is 539 g/mol. The van der Waals surface area contributed by atoms with Crippen molar-refractivity contribution in [1.29, 1.82) is 0 Å². The van der Waals surface area contributed by atoms with Gasteiger partial charge in [-0.2, -0.15) is 0 Å². The lowest BCUT2D eigenvalue weighted by molar-refractivity contribution is 1.18. The van der Waals surface area contributed by atoms with Crippen LogP contribution < -0.4 is 0 Å². The Morgan fingerprint density at radius 1 is 0.286 bits per heavy atom. The van der Waals surface area contributed by atoms with Crippen LogP contribution in [-0.4, -0.2) is 24.9 Å². The van der Waals surface area contributed by atoms with E-state index in [0.717, 1.165) is 61.9 Å². The highest BCUT2D eigenvalue weighted by atomic mass is 14.9. The van der Waals surface area contributed by atoms with E-state index in [1.165, 1.54) is 0 Å². The molecule has 3 aromatic carbocycles. The number of aromatic nitrogens is 5. The summed E-state index contributed by atoms with van der Waals surface area (Å²) in [6.45, 7) is 0. The first-order valence-corrected chi connectivity index (χ1v) is 13.7. The maximum Gasteiger partial charge on any atom is 0.160 e. The van der Waals surface area contributed by atoms with Gasteiger partial charge in [-0.3, -0.25) is 15.0 Å². The van der Waals surface area contributed by atoms with Crippen molar-refractivity contribution in [2.45, 2.75) is 0 Å². The number of rotatable bonds is 6. The smallest absolute Gasteiger partial charge is 0.160 e. The Morgan fingerprint density at radius 2 is 0.690 bits per heavy atom. The minimum atomic E-state index is 0.650. The Hall–Kier alpha value is -5.81. The molecule has 0 unspecified atom stereocenters. The van der Waals surface area contributed by atoms with E-state index in [1.807, 2.05) is 85.2 Å². The van der Waals surface area contributed by atoms with Crippen LogP contribution in [0.15, 0.2) is 152 Å². The summed E-state index contributed by atoms with van der Waals surface area (Å²) in [4.78, 5) is 23.7. The molecule has 0 saturated carbocycles. The molecule has 0 aliphatic heterocycles. The van der Waals surface area contributed by atoms with Crippen LogP contribution in [0.4, 0.5) is 0 Å². The second-order valence-electron chi connectivity index (χ2n) is 9.85. The molecule has 0 atom stereocenters. The quantitative estimate of drug-likeness (QED) is 0.212. The topological polar surface area (TPSA) is 64.5 Å². The summed E-state index contributed by atoms with van der Waals surface area (Å²) in [6.07, 6.45) is 5.43. The van der Waals surface area contributed by atoms with Crippen LogP contribution >= 0.6 is 0 Å². The fourth-order valence-electron chi connectivity index (χ4n) is 4.94. The zero-order valence-corrected chi connectivity index (χ0v) is 22.7. The van der Waals surface area contributed by atoms with E-state index in [2.05, 4.69) is 75.6 Å². The molecule has 7 rings (SSSR count). The predicted octanol–water partition coefficient (Wildman–Crippen LogP) is 8.66. The zero-order valence-electron chi connectivity index (χ0n) is 22.7. The summed E-state index contributed by atoms with van der Waals surface area (Å²) in [5.41, 5.74) is 10.5. The molecule has 0 bridgehead atoms. The molecule has 0 fully saturated rings. The van der Waals surface area contributed by atoms with Crippen molar-refractivity contribution in [3.63, 3.8) is 0 Å². The molecule has 0 aliphatic rings. The number of hydrogen-bond acceptors (Lipinski definition) is 5. The Morgan fingerprint density at radius 3 is 1.19 bits per heavy atom. The normalized spacial score (nSPS) is 10.9. The third-order valence-corrected chi connectivity index (χ3v) is 7.07. The highest BCUT2D eigenvalue weighted by Crippen LogP contribution is 2.31. The summed E-state index contributed by atoms with van der Waals surface area (Å²) in [7, 11) is 0. The maximum absolute atomic E-state index is 5.07. The first-order valence-electron chi connectivity index (χ1n) is 13.7.